The third kappa shape index (κ3) is 3.02. The Morgan fingerprint density at radius 1 is 1.44 bits per heavy atom. The molecule has 18 heavy (non-hydrogen) atoms. The molecule has 1 heterocycles. The molecular formula is C15H19NOS. The van der Waals surface area contributed by atoms with Crippen LogP contribution in [0.1, 0.15) is 36.2 Å². The Morgan fingerprint density at radius 2 is 2.17 bits per heavy atom. The highest BCUT2D eigenvalue weighted by molar-refractivity contribution is 8.00. The minimum absolute atomic E-state index is 0.439. The lowest BCUT2D eigenvalue weighted by Gasteiger charge is -2.24. The van der Waals surface area contributed by atoms with Crippen LogP contribution in [-0.2, 0) is 0 Å². The fourth-order valence-electron chi connectivity index (χ4n) is 2.03. The van der Waals surface area contributed by atoms with Gasteiger partial charge in [0.1, 0.15) is 6.29 Å². The summed E-state index contributed by atoms with van der Waals surface area (Å²) in [5.41, 5.74) is 3.05. The van der Waals surface area contributed by atoms with E-state index >= 15 is 0 Å². The third-order valence-electron chi connectivity index (χ3n) is 3.53. The summed E-state index contributed by atoms with van der Waals surface area (Å²) in [7, 11) is 0. The van der Waals surface area contributed by atoms with Gasteiger partial charge in [0.25, 0.3) is 0 Å². The Hall–Kier alpha value is -1.09. The van der Waals surface area contributed by atoms with Gasteiger partial charge in [-0.25, -0.2) is 0 Å². The number of rotatable bonds is 4. The predicted molar refractivity (Wildman–Crippen MR) is 78.9 cm³/mol. The van der Waals surface area contributed by atoms with Gasteiger partial charge in [-0.2, -0.15) is 11.8 Å². The molecule has 1 aliphatic heterocycles. The van der Waals surface area contributed by atoms with E-state index in [-0.39, 0.29) is 0 Å². The van der Waals surface area contributed by atoms with Gasteiger partial charge in [-0.15, -0.1) is 0 Å². The molecule has 0 aromatic heterocycles. The van der Waals surface area contributed by atoms with Crippen molar-refractivity contribution in [1.82, 2.24) is 0 Å². The van der Waals surface area contributed by atoms with Crippen LogP contribution < -0.4 is 0 Å². The minimum atomic E-state index is 0.439. The maximum atomic E-state index is 10.6. The van der Waals surface area contributed by atoms with Gasteiger partial charge in [-0.1, -0.05) is 44.5 Å². The SMILES string of the molecule is CCC(C)C1CSCC(c2ccc(C=O)cc2)=N1. The summed E-state index contributed by atoms with van der Waals surface area (Å²) in [6.07, 6.45) is 2.05. The van der Waals surface area contributed by atoms with Crippen LogP contribution in [-0.4, -0.2) is 29.5 Å². The van der Waals surface area contributed by atoms with E-state index in [9.17, 15) is 4.79 Å². The average Bonchev–Trinajstić information content (AvgIpc) is 2.46. The summed E-state index contributed by atoms with van der Waals surface area (Å²) in [6, 6.07) is 8.17. The number of benzene rings is 1. The highest BCUT2D eigenvalue weighted by atomic mass is 32.2. The molecule has 0 saturated heterocycles. The van der Waals surface area contributed by atoms with Crippen LogP contribution in [0.2, 0.25) is 0 Å². The van der Waals surface area contributed by atoms with Crippen molar-refractivity contribution >= 4 is 23.8 Å². The first kappa shape index (κ1) is 13.3. The van der Waals surface area contributed by atoms with E-state index in [0.717, 1.165) is 28.9 Å². The first-order chi connectivity index (χ1) is 8.74. The molecule has 1 aliphatic rings. The van der Waals surface area contributed by atoms with Gasteiger partial charge < -0.3 is 0 Å². The summed E-state index contributed by atoms with van der Waals surface area (Å²) >= 11 is 1.96. The first-order valence-electron chi connectivity index (χ1n) is 6.44. The van der Waals surface area contributed by atoms with Crippen molar-refractivity contribution in [3.63, 3.8) is 0 Å². The van der Waals surface area contributed by atoms with Gasteiger partial charge in [0.05, 0.1) is 11.8 Å². The zero-order valence-electron chi connectivity index (χ0n) is 10.9. The van der Waals surface area contributed by atoms with Gasteiger partial charge >= 0.3 is 0 Å². The maximum Gasteiger partial charge on any atom is 0.150 e. The number of hydrogen-bond donors (Lipinski definition) is 0. The molecule has 2 nitrogen and oxygen atoms in total. The van der Waals surface area contributed by atoms with E-state index in [2.05, 4.69) is 13.8 Å². The van der Waals surface area contributed by atoms with Gasteiger partial charge in [0.2, 0.25) is 0 Å². The van der Waals surface area contributed by atoms with Crippen LogP contribution in [0.3, 0.4) is 0 Å². The second-order valence-corrected chi connectivity index (χ2v) is 5.81. The van der Waals surface area contributed by atoms with Crippen LogP contribution in [0.25, 0.3) is 0 Å². The Labute approximate surface area is 113 Å². The zero-order chi connectivity index (χ0) is 13.0. The lowest BCUT2D eigenvalue weighted by molar-refractivity contribution is 0.112. The summed E-state index contributed by atoms with van der Waals surface area (Å²) in [4.78, 5) is 15.5. The molecule has 0 saturated carbocycles. The normalized spacial score (nSPS) is 21.2. The number of carbonyl (C=O) groups is 1. The number of hydrogen-bond acceptors (Lipinski definition) is 3. The summed E-state index contributed by atoms with van der Waals surface area (Å²) in [6.45, 7) is 4.49. The summed E-state index contributed by atoms with van der Waals surface area (Å²) in [5, 5.41) is 0. The molecule has 96 valence electrons. The topological polar surface area (TPSA) is 29.4 Å². The highest BCUT2D eigenvalue weighted by Crippen LogP contribution is 2.23. The maximum absolute atomic E-state index is 10.6. The second kappa shape index (κ2) is 6.19. The molecule has 0 fully saturated rings. The van der Waals surface area contributed by atoms with Gasteiger partial charge in [-0.3, -0.25) is 9.79 Å². The van der Waals surface area contributed by atoms with E-state index in [1.165, 1.54) is 12.1 Å². The van der Waals surface area contributed by atoms with Crippen LogP contribution in [0, 0.1) is 5.92 Å². The fourth-order valence-corrected chi connectivity index (χ4v) is 3.22. The van der Waals surface area contributed by atoms with Crippen LogP contribution in [0.5, 0.6) is 0 Å². The molecule has 1 aromatic rings. The quantitative estimate of drug-likeness (QED) is 0.777. The Kier molecular flexibility index (Phi) is 4.59. The van der Waals surface area contributed by atoms with Gasteiger partial charge in [0.15, 0.2) is 0 Å². The van der Waals surface area contributed by atoms with Crippen molar-refractivity contribution in [2.24, 2.45) is 10.9 Å². The fraction of sp³-hybridized carbons (Fsp3) is 0.467. The summed E-state index contributed by atoms with van der Waals surface area (Å²) < 4.78 is 0. The molecule has 3 heteroatoms. The predicted octanol–water partition coefficient (Wildman–Crippen LogP) is 3.45. The summed E-state index contributed by atoms with van der Waals surface area (Å²) in [5.74, 6) is 2.75. The standard InChI is InChI=1S/C15H19NOS/c1-3-11(2)14-9-18-10-15(16-14)13-6-4-12(8-17)5-7-13/h4-8,11,14H,3,9-10H2,1-2H3. The third-order valence-corrected chi connectivity index (χ3v) is 4.58. The van der Waals surface area contributed by atoms with Crippen molar-refractivity contribution < 1.29 is 4.79 Å². The highest BCUT2D eigenvalue weighted by Gasteiger charge is 2.20. The van der Waals surface area contributed by atoms with Gasteiger partial charge in [-0.05, 0) is 11.5 Å². The van der Waals surface area contributed by atoms with E-state index in [0.29, 0.717) is 12.0 Å². The molecule has 2 atom stereocenters. The van der Waals surface area contributed by atoms with Crippen molar-refractivity contribution in [3.05, 3.63) is 35.4 Å². The molecule has 0 aliphatic carbocycles. The second-order valence-electron chi connectivity index (χ2n) is 4.78. The monoisotopic (exact) mass is 261 g/mol. The molecule has 2 unspecified atom stereocenters. The Balaban J connectivity index is 2.20. The Bertz CT molecular complexity index is 438. The molecule has 0 amide bonds. The van der Waals surface area contributed by atoms with Crippen LogP contribution in [0.4, 0.5) is 0 Å². The van der Waals surface area contributed by atoms with E-state index in [1.54, 1.807) is 0 Å². The molecule has 1 aromatic carbocycles. The first-order valence-corrected chi connectivity index (χ1v) is 7.60. The largest absolute Gasteiger partial charge is 0.298 e. The molecule has 0 N–H and O–H groups in total. The smallest absolute Gasteiger partial charge is 0.150 e. The van der Waals surface area contributed by atoms with E-state index < -0.39 is 0 Å². The number of carbonyl (C=O) groups excluding carboxylic acids is 1. The molecule has 0 radical (unpaired) electrons. The van der Waals surface area contributed by atoms with Crippen molar-refractivity contribution in [1.29, 1.82) is 0 Å². The molecule has 0 spiro atoms. The Morgan fingerprint density at radius 3 is 2.78 bits per heavy atom. The van der Waals surface area contributed by atoms with Crippen LogP contribution >= 0.6 is 11.8 Å². The van der Waals surface area contributed by atoms with E-state index in [1.807, 2.05) is 36.0 Å². The van der Waals surface area contributed by atoms with Crippen molar-refractivity contribution in [2.45, 2.75) is 26.3 Å². The average molecular weight is 261 g/mol. The van der Waals surface area contributed by atoms with Crippen molar-refractivity contribution in [2.75, 3.05) is 11.5 Å². The molecule has 0 bridgehead atoms. The number of nitrogens with zero attached hydrogens (tertiary/aromatic N) is 1. The number of thioether (sulfide) groups is 1. The zero-order valence-corrected chi connectivity index (χ0v) is 11.7. The van der Waals surface area contributed by atoms with E-state index in [4.69, 9.17) is 4.99 Å². The lowest BCUT2D eigenvalue weighted by Crippen LogP contribution is -2.26. The number of aliphatic imine (C=N–C) groups is 1. The minimum Gasteiger partial charge on any atom is -0.298 e. The van der Waals surface area contributed by atoms with Crippen molar-refractivity contribution in [3.8, 4) is 0 Å². The van der Waals surface area contributed by atoms with Gasteiger partial charge in [0, 0.05) is 17.1 Å². The lowest BCUT2D eigenvalue weighted by atomic mass is 10.0. The van der Waals surface area contributed by atoms with Crippen LogP contribution in [0.15, 0.2) is 29.3 Å². The number of aldehydes is 1. The molecular weight excluding hydrogens is 242 g/mol. The molecule has 2 rings (SSSR count).